The van der Waals surface area contributed by atoms with Crippen molar-refractivity contribution in [3.05, 3.63) is 13.2 Å². The van der Waals surface area contributed by atoms with Gasteiger partial charge in [-0.05, 0) is 0 Å². The largest absolute Gasteiger partial charge is 0.349 e. The van der Waals surface area contributed by atoms with E-state index in [9.17, 15) is 8.42 Å². The van der Waals surface area contributed by atoms with Crippen LogP contribution in [0.2, 0.25) is 0 Å². The van der Waals surface area contributed by atoms with Crippen molar-refractivity contribution in [3.63, 3.8) is 0 Å². The second-order valence-corrected chi connectivity index (χ2v) is 1.77. The Morgan fingerprint density at radius 2 is 1.44 bits per heavy atom. The molecule has 0 rings (SSSR count). The summed E-state index contributed by atoms with van der Waals surface area (Å²) in [6.07, 6.45) is 0. The topological polar surface area (TPSA) is 95.4 Å². The van der Waals surface area contributed by atoms with Gasteiger partial charge in [0.15, 0.2) is 0 Å². The minimum Gasteiger partial charge on any atom is -0.204 e. The van der Waals surface area contributed by atoms with E-state index in [0.717, 1.165) is 0 Å². The zero-order valence-corrected chi connectivity index (χ0v) is 8.02. The molecule has 0 aromatic carbocycles. The maximum Gasteiger partial charge on any atom is 0.349 e. The van der Waals surface area contributed by atoms with Gasteiger partial charge in [0.05, 0.1) is 0 Å². The van der Waals surface area contributed by atoms with Gasteiger partial charge in [0.25, 0.3) is 0 Å². The van der Waals surface area contributed by atoms with Gasteiger partial charge in [-0.2, -0.15) is 18.6 Å². The number of rotatable bonds is 1. The van der Waals surface area contributed by atoms with Crippen LogP contribution in [0.3, 0.4) is 0 Å². The predicted octanol–water partition coefficient (Wildman–Crippen LogP) is -1.50. The maximum atomic E-state index is 9.43. The molecule has 0 atom stereocenters. The van der Waals surface area contributed by atoms with Crippen molar-refractivity contribution < 1.29 is 12.7 Å². The molecule has 51 valence electrons. The first-order valence-electron chi connectivity index (χ1n) is 1.47. The van der Waals surface area contributed by atoms with E-state index < -0.39 is 10.3 Å². The van der Waals surface area contributed by atoms with E-state index >= 15 is 0 Å². The summed E-state index contributed by atoms with van der Waals surface area (Å²) >= 11 is 0. The number of hydrogen-bond acceptors (Lipinski definition) is 4. The summed E-state index contributed by atoms with van der Waals surface area (Å²) in [7, 11) is -3.88. The van der Waals surface area contributed by atoms with Crippen molar-refractivity contribution in [2.75, 3.05) is 0 Å². The quantitative estimate of drug-likeness (QED) is 0.279. The van der Waals surface area contributed by atoms with Crippen LogP contribution in [0, 0.1) is 0 Å². The summed E-state index contributed by atoms with van der Waals surface area (Å²) in [5.74, 6) is 4.09. The van der Waals surface area contributed by atoms with E-state index in [4.69, 9.17) is 0 Å². The van der Waals surface area contributed by atoms with Crippen LogP contribution in [0.15, 0.2) is 13.2 Å². The molecule has 4 N–H and O–H groups in total. The Hall–Kier alpha value is 0.570. The maximum absolute atomic E-state index is 9.43. The van der Waals surface area contributed by atoms with Crippen LogP contribution in [-0.4, -0.2) is 38.0 Å². The molecular formula is C2H8N2NaO3S. The van der Waals surface area contributed by atoms with Gasteiger partial charge in [0, 0.05) is 29.6 Å². The number of nitrogens with two attached hydrogens (primary N) is 2. The van der Waals surface area contributed by atoms with E-state index in [1.165, 1.54) is 0 Å². The van der Waals surface area contributed by atoms with Crippen molar-refractivity contribution in [1.82, 2.24) is 0 Å². The second kappa shape index (κ2) is 8.57. The molecule has 0 heterocycles. The molecule has 0 saturated carbocycles. The molecule has 0 saturated heterocycles. The van der Waals surface area contributed by atoms with Crippen molar-refractivity contribution >= 4 is 39.9 Å². The van der Waals surface area contributed by atoms with Crippen LogP contribution in [-0.2, 0) is 14.6 Å². The van der Waals surface area contributed by atoms with Crippen molar-refractivity contribution in [2.24, 2.45) is 11.0 Å². The summed E-state index contributed by atoms with van der Waals surface area (Å²) in [4.78, 5) is 0. The molecular weight excluding hydrogens is 155 g/mol. The first kappa shape index (κ1) is 16.3. The Morgan fingerprint density at radius 3 is 1.44 bits per heavy atom. The molecule has 0 aromatic rings. The standard InChI is InChI=1S/C2H4.H4N2O3S.Na/c1-2;1-5-6(2,3)4;/h1-2H2;1H2,(H2,2,3,4);. The monoisotopic (exact) mass is 163 g/mol. The van der Waals surface area contributed by atoms with Crippen LogP contribution in [0.25, 0.3) is 0 Å². The van der Waals surface area contributed by atoms with Crippen LogP contribution in [0.1, 0.15) is 0 Å². The van der Waals surface area contributed by atoms with Gasteiger partial charge < -0.3 is 0 Å². The molecule has 0 amide bonds. The first-order valence-corrected chi connectivity index (χ1v) is 2.94. The fourth-order valence-electron chi connectivity index (χ4n) is 0. The third-order valence-electron chi connectivity index (χ3n) is 0.134. The Morgan fingerprint density at radius 1 is 1.33 bits per heavy atom. The minimum absolute atomic E-state index is 0. The third kappa shape index (κ3) is 29.0. The zero-order valence-electron chi connectivity index (χ0n) is 5.20. The average Bonchev–Trinajstić information content (AvgIpc) is 1.71. The van der Waals surface area contributed by atoms with E-state index in [-0.39, 0.29) is 29.6 Å². The zero-order chi connectivity index (χ0) is 7.21. The summed E-state index contributed by atoms with van der Waals surface area (Å²) < 4.78 is 22.0. The fourth-order valence-corrected chi connectivity index (χ4v) is 0. The van der Waals surface area contributed by atoms with Crippen LogP contribution < -0.4 is 11.0 Å². The van der Waals surface area contributed by atoms with Crippen LogP contribution in [0.5, 0.6) is 0 Å². The van der Waals surface area contributed by atoms with Gasteiger partial charge in [0.1, 0.15) is 0 Å². The molecule has 0 aromatic heterocycles. The van der Waals surface area contributed by atoms with Crippen molar-refractivity contribution in [1.29, 1.82) is 0 Å². The summed E-state index contributed by atoms with van der Waals surface area (Å²) in [6, 6.07) is 0. The van der Waals surface area contributed by atoms with Crippen molar-refractivity contribution in [3.8, 4) is 0 Å². The van der Waals surface area contributed by atoms with Crippen molar-refractivity contribution in [2.45, 2.75) is 0 Å². The second-order valence-electron chi connectivity index (χ2n) is 0.589. The molecule has 0 aliphatic carbocycles. The fraction of sp³-hybridized carbons (Fsp3) is 0. The van der Waals surface area contributed by atoms with Crippen LogP contribution >= 0.6 is 0 Å². The van der Waals surface area contributed by atoms with Gasteiger partial charge in [-0.1, -0.05) is 0 Å². The molecule has 0 bridgehead atoms. The predicted molar refractivity (Wildman–Crippen MR) is 35.4 cm³/mol. The molecule has 7 heteroatoms. The Bertz CT molecular complexity index is 133. The average molecular weight is 163 g/mol. The van der Waals surface area contributed by atoms with E-state index in [1.807, 2.05) is 0 Å². The van der Waals surface area contributed by atoms with Gasteiger partial charge in [-0.25, -0.2) is 5.14 Å². The third-order valence-corrected chi connectivity index (χ3v) is 0.402. The molecule has 5 nitrogen and oxygen atoms in total. The SMILES string of the molecule is C=C.NOS(N)(=O)=O.[Na]. The molecule has 0 fully saturated rings. The number of hydrogen-bond donors (Lipinski definition) is 2. The Balaban J connectivity index is -0.000000109. The summed E-state index contributed by atoms with van der Waals surface area (Å²) in [5.41, 5.74) is 0. The normalized spacial score (nSPS) is 8.22. The summed E-state index contributed by atoms with van der Waals surface area (Å²) in [5, 5.41) is 4.16. The van der Waals surface area contributed by atoms with Gasteiger partial charge in [-0.15, -0.1) is 13.2 Å². The Labute approximate surface area is 76.6 Å². The molecule has 9 heavy (non-hydrogen) atoms. The van der Waals surface area contributed by atoms with Crippen LogP contribution in [0.4, 0.5) is 0 Å². The van der Waals surface area contributed by atoms with Gasteiger partial charge >= 0.3 is 10.3 Å². The van der Waals surface area contributed by atoms with E-state index in [2.05, 4.69) is 28.5 Å². The molecule has 0 aliphatic heterocycles. The Kier molecular flexibility index (Phi) is 15.5. The first-order chi connectivity index (χ1) is 3.56. The van der Waals surface area contributed by atoms with E-state index in [1.54, 1.807) is 0 Å². The molecule has 0 unspecified atom stereocenters. The summed E-state index contributed by atoms with van der Waals surface area (Å²) in [6.45, 7) is 6.00. The smallest absolute Gasteiger partial charge is 0.204 e. The molecule has 0 spiro atoms. The van der Waals surface area contributed by atoms with Gasteiger partial charge in [0.2, 0.25) is 0 Å². The molecule has 1 radical (unpaired) electrons. The molecule has 0 aliphatic rings. The minimum atomic E-state index is -3.88. The van der Waals surface area contributed by atoms with Gasteiger partial charge in [-0.3, -0.25) is 0 Å². The van der Waals surface area contributed by atoms with E-state index in [0.29, 0.717) is 0 Å².